The minimum atomic E-state index is 0. The molecule has 251 valence electrons. The van der Waals surface area contributed by atoms with Crippen LogP contribution in [0.1, 0.15) is 11.1 Å². The third-order valence-corrected chi connectivity index (χ3v) is 9.43. The third-order valence-electron chi connectivity index (χ3n) is 9.43. The molecule has 10 rings (SSSR count). The van der Waals surface area contributed by atoms with Crippen molar-refractivity contribution in [1.29, 1.82) is 0 Å². The molecule has 4 nitrogen and oxygen atoms in total. The average Bonchev–Trinajstić information content (AvgIpc) is 3.51. The number of benzene rings is 7. The van der Waals surface area contributed by atoms with Crippen molar-refractivity contribution in [3.8, 4) is 28.3 Å². The van der Waals surface area contributed by atoms with Gasteiger partial charge in [-0.05, 0) is 68.5 Å². The zero-order valence-electron chi connectivity index (χ0n) is 28.6. The van der Waals surface area contributed by atoms with Crippen molar-refractivity contribution in [2.24, 2.45) is 0 Å². The largest absolute Gasteiger partial charge is 0.328 e. The van der Waals surface area contributed by atoms with Crippen molar-refractivity contribution >= 4 is 54.3 Å². The normalized spacial score (nSPS) is 11.1. The van der Waals surface area contributed by atoms with E-state index in [2.05, 4.69) is 169 Å². The van der Waals surface area contributed by atoms with Crippen LogP contribution >= 0.6 is 0 Å². The van der Waals surface area contributed by atoms with E-state index in [0.29, 0.717) is 5.82 Å². The molecular formula is C47H32IrN4-2. The van der Waals surface area contributed by atoms with Crippen LogP contribution < -0.4 is 0 Å². The predicted octanol–water partition coefficient (Wildman–Crippen LogP) is 11.7. The first kappa shape index (κ1) is 33.2. The maximum atomic E-state index is 4.91. The van der Waals surface area contributed by atoms with E-state index in [1.54, 1.807) is 0 Å². The average molecular weight is 845 g/mol. The molecule has 0 atom stereocenters. The summed E-state index contributed by atoms with van der Waals surface area (Å²) < 4.78 is 2.30. The fourth-order valence-corrected chi connectivity index (χ4v) is 7.16. The molecule has 0 saturated carbocycles. The molecule has 3 aromatic heterocycles. The number of hydrogen-bond acceptors (Lipinski definition) is 3. The van der Waals surface area contributed by atoms with Gasteiger partial charge in [-0.15, -0.1) is 58.7 Å². The number of aryl methyl sites for hydroxylation is 2. The van der Waals surface area contributed by atoms with Crippen LogP contribution in [0.25, 0.3) is 82.6 Å². The van der Waals surface area contributed by atoms with Gasteiger partial charge in [-0.2, -0.15) is 0 Å². The summed E-state index contributed by atoms with van der Waals surface area (Å²) in [6, 6.07) is 57.2. The van der Waals surface area contributed by atoms with Crippen molar-refractivity contribution < 1.29 is 20.1 Å². The van der Waals surface area contributed by atoms with E-state index >= 15 is 0 Å². The molecule has 0 aliphatic carbocycles. The van der Waals surface area contributed by atoms with Gasteiger partial charge in [0.25, 0.3) is 0 Å². The zero-order valence-corrected chi connectivity index (χ0v) is 31.0. The molecule has 7 aromatic carbocycles. The topological polar surface area (TPSA) is 43.6 Å². The fraction of sp³-hybridized carbons (Fsp3) is 0.0426. The van der Waals surface area contributed by atoms with Crippen LogP contribution in [-0.4, -0.2) is 19.5 Å². The first-order valence-corrected chi connectivity index (χ1v) is 17.1. The number of rotatable bonds is 3. The Bertz CT molecular complexity index is 2870. The Hall–Kier alpha value is -6.00. The van der Waals surface area contributed by atoms with Gasteiger partial charge in [0.2, 0.25) is 0 Å². The van der Waals surface area contributed by atoms with Gasteiger partial charge in [-0.3, -0.25) is 9.97 Å². The number of para-hydroxylation sites is 2. The molecule has 5 heteroatoms. The van der Waals surface area contributed by atoms with Gasteiger partial charge in [0.15, 0.2) is 0 Å². The summed E-state index contributed by atoms with van der Waals surface area (Å²) in [7, 11) is 0. The summed E-state index contributed by atoms with van der Waals surface area (Å²) in [4.78, 5) is 14.2. The van der Waals surface area contributed by atoms with Crippen LogP contribution in [0.3, 0.4) is 0 Å². The number of fused-ring (bicyclic) bond motifs is 7. The van der Waals surface area contributed by atoms with Crippen LogP contribution in [0.5, 0.6) is 0 Å². The Balaban J connectivity index is 0.000000173. The first-order chi connectivity index (χ1) is 25.1. The maximum absolute atomic E-state index is 4.91. The maximum Gasteiger partial charge on any atom is 0.0756 e. The van der Waals surface area contributed by atoms with E-state index in [9.17, 15) is 0 Å². The van der Waals surface area contributed by atoms with Gasteiger partial charge in [0.1, 0.15) is 0 Å². The van der Waals surface area contributed by atoms with Crippen molar-refractivity contribution in [2.45, 2.75) is 13.8 Å². The Morgan fingerprint density at radius 3 is 2.08 bits per heavy atom. The monoisotopic (exact) mass is 845 g/mol. The second-order valence-electron chi connectivity index (χ2n) is 12.9. The standard InChI is InChI=1S/C30H18N3.C17H14N.Ir/c1-2-9-22(10-3-1)33-28-13-7-6-12-24(28)25-16-14-21(18-29(25)33)30-31-19-26-23-11-5-4-8-20(23)15-17-27(26)32-30;1-12-9-13(2)11-15(10-12)17-16-6-4-3-5-14(16)7-8-18-17;/h1-13,15-19H;3-10H,1-2H3;/q2*-1;. The number of pyridine rings is 1. The predicted molar refractivity (Wildman–Crippen MR) is 211 cm³/mol. The molecule has 0 N–H and O–H groups in total. The number of nitrogens with zero attached hydrogens (tertiary/aromatic N) is 4. The van der Waals surface area contributed by atoms with Crippen LogP contribution in [0.2, 0.25) is 0 Å². The first-order valence-electron chi connectivity index (χ1n) is 17.1. The van der Waals surface area contributed by atoms with Crippen LogP contribution in [0.15, 0.2) is 158 Å². The minimum Gasteiger partial charge on any atom is -0.328 e. The van der Waals surface area contributed by atoms with E-state index in [4.69, 9.17) is 9.97 Å². The van der Waals surface area contributed by atoms with Gasteiger partial charge in [-0.1, -0.05) is 110 Å². The van der Waals surface area contributed by atoms with E-state index in [0.717, 1.165) is 44.5 Å². The quantitative estimate of drug-likeness (QED) is 0.131. The molecule has 0 saturated heterocycles. The fourth-order valence-electron chi connectivity index (χ4n) is 7.16. The van der Waals surface area contributed by atoms with Crippen molar-refractivity contribution in [3.63, 3.8) is 0 Å². The van der Waals surface area contributed by atoms with Gasteiger partial charge < -0.3 is 9.55 Å². The zero-order chi connectivity index (χ0) is 34.3. The summed E-state index contributed by atoms with van der Waals surface area (Å²) in [5.74, 6) is 0.685. The van der Waals surface area contributed by atoms with E-state index in [1.165, 1.54) is 43.4 Å². The summed E-state index contributed by atoms with van der Waals surface area (Å²) in [6.45, 7) is 4.18. The summed E-state index contributed by atoms with van der Waals surface area (Å²) in [6.07, 6.45) is 3.80. The van der Waals surface area contributed by atoms with Crippen molar-refractivity contribution in [2.75, 3.05) is 0 Å². The van der Waals surface area contributed by atoms with E-state index in [1.807, 2.05) is 24.5 Å². The van der Waals surface area contributed by atoms with Crippen molar-refractivity contribution in [3.05, 3.63) is 181 Å². The van der Waals surface area contributed by atoms with Gasteiger partial charge >= 0.3 is 0 Å². The molecule has 0 fully saturated rings. The van der Waals surface area contributed by atoms with E-state index in [-0.39, 0.29) is 20.1 Å². The summed E-state index contributed by atoms with van der Waals surface area (Å²) >= 11 is 0. The van der Waals surface area contributed by atoms with Crippen LogP contribution in [-0.2, 0) is 20.1 Å². The van der Waals surface area contributed by atoms with Gasteiger partial charge in [0.05, 0.1) is 11.3 Å². The molecule has 0 aliphatic heterocycles. The molecule has 1 radical (unpaired) electrons. The molecule has 10 aromatic rings. The summed E-state index contributed by atoms with van der Waals surface area (Å²) in [5.41, 5.74) is 9.74. The molecule has 3 heterocycles. The van der Waals surface area contributed by atoms with Crippen LogP contribution in [0, 0.1) is 26.0 Å². The molecule has 52 heavy (non-hydrogen) atoms. The SMILES string of the molecule is Cc1[c-]c(-c2nccc3ccccc23)cc(C)c1.[Ir].[c-]1cc2c3ccccc3n(-c3ccccc3)c2cc1-c1ncc2c(ccc3ccccc32)n1. The summed E-state index contributed by atoms with van der Waals surface area (Å²) in [5, 5.41) is 8.22. The smallest absolute Gasteiger partial charge is 0.0756 e. The Kier molecular flexibility index (Phi) is 8.90. The second kappa shape index (κ2) is 14.0. The minimum absolute atomic E-state index is 0. The Labute approximate surface area is 315 Å². The Morgan fingerprint density at radius 1 is 0.558 bits per heavy atom. The third kappa shape index (κ3) is 6.05. The van der Waals surface area contributed by atoms with Crippen molar-refractivity contribution in [1.82, 2.24) is 19.5 Å². The molecule has 0 bridgehead atoms. The number of aromatic nitrogens is 4. The molecule has 0 unspecified atom stereocenters. The molecule has 0 aliphatic rings. The second-order valence-corrected chi connectivity index (χ2v) is 12.9. The van der Waals surface area contributed by atoms with Crippen LogP contribution in [0.4, 0.5) is 0 Å². The molecule has 0 amide bonds. The molecule has 0 spiro atoms. The van der Waals surface area contributed by atoms with E-state index < -0.39 is 0 Å². The molecular weight excluding hydrogens is 813 g/mol. The Morgan fingerprint density at radius 2 is 1.27 bits per heavy atom. The van der Waals surface area contributed by atoms with Gasteiger partial charge in [0, 0.05) is 49.1 Å². The number of hydrogen-bond donors (Lipinski definition) is 0. The van der Waals surface area contributed by atoms with Gasteiger partial charge in [-0.25, -0.2) is 0 Å².